The molecule has 0 unspecified atom stereocenters. The average molecular weight is 691 g/mol. The molecule has 0 aliphatic rings. The molecule has 7 rings (SSSR count). The third kappa shape index (κ3) is 8.58. The van der Waals surface area contributed by atoms with Crippen LogP contribution in [0.15, 0.2) is 170 Å². The number of aromatic hydroxyl groups is 1. The molecule has 0 aliphatic heterocycles. The van der Waals surface area contributed by atoms with Crippen molar-refractivity contribution in [2.75, 3.05) is 16.9 Å². The lowest BCUT2D eigenvalue weighted by Gasteiger charge is -2.26. The van der Waals surface area contributed by atoms with Gasteiger partial charge in [0.25, 0.3) is 0 Å². The van der Waals surface area contributed by atoms with Crippen LogP contribution >= 0.6 is 0 Å². The van der Waals surface area contributed by atoms with E-state index in [1.54, 1.807) is 19.2 Å². The van der Waals surface area contributed by atoms with Gasteiger partial charge in [0.2, 0.25) is 0 Å². The second kappa shape index (κ2) is 16.1. The molecule has 0 saturated carbocycles. The van der Waals surface area contributed by atoms with Gasteiger partial charge >= 0.3 is 0 Å². The predicted octanol–water partition coefficient (Wildman–Crippen LogP) is 13.3. The van der Waals surface area contributed by atoms with E-state index in [0.717, 1.165) is 62.1 Å². The Kier molecular flexibility index (Phi) is 10.5. The van der Waals surface area contributed by atoms with E-state index >= 15 is 0 Å². The number of aryl methyl sites for hydroxylation is 2. The molecule has 260 valence electrons. The number of ether oxygens (including phenoxy) is 1. The zero-order valence-corrected chi connectivity index (χ0v) is 30.2. The topological polar surface area (TPSA) is 35.9 Å². The minimum absolute atomic E-state index is 0.250. The van der Waals surface area contributed by atoms with Crippen LogP contribution in [0.25, 0.3) is 24.3 Å². The molecule has 1 N–H and O–H groups in total. The van der Waals surface area contributed by atoms with E-state index in [2.05, 4.69) is 181 Å². The normalized spacial score (nSPS) is 11.2. The Morgan fingerprint density at radius 2 is 0.604 bits per heavy atom. The van der Waals surface area contributed by atoms with Crippen molar-refractivity contribution in [3.8, 4) is 11.5 Å². The molecular formula is C49H42N2O2. The van der Waals surface area contributed by atoms with Crippen LogP contribution in [0.4, 0.5) is 34.1 Å². The Labute approximate surface area is 312 Å². The Bertz CT molecular complexity index is 2240. The van der Waals surface area contributed by atoms with Gasteiger partial charge in [0.15, 0.2) is 0 Å². The molecule has 0 aromatic heterocycles. The molecule has 0 aliphatic carbocycles. The van der Waals surface area contributed by atoms with E-state index in [9.17, 15) is 5.11 Å². The molecule has 4 nitrogen and oxygen atoms in total. The maximum absolute atomic E-state index is 9.86. The highest BCUT2D eigenvalue weighted by molar-refractivity contribution is 5.80. The van der Waals surface area contributed by atoms with Crippen LogP contribution in [-0.2, 0) is 0 Å². The van der Waals surface area contributed by atoms with Gasteiger partial charge < -0.3 is 19.6 Å². The van der Waals surface area contributed by atoms with E-state index in [1.807, 2.05) is 24.3 Å². The second-order valence-corrected chi connectivity index (χ2v) is 13.1. The average Bonchev–Trinajstić information content (AvgIpc) is 3.20. The molecular weight excluding hydrogens is 649 g/mol. The largest absolute Gasteiger partial charge is 0.508 e. The summed E-state index contributed by atoms with van der Waals surface area (Å²) < 4.78 is 5.39. The molecule has 7 aromatic rings. The first-order valence-corrected chi connectivity index (χ1v) is 17.7. The predicted molar refractivity (Wildman–Crippen MR) is 224 cm³/mol. The van der Waals surface area contributed by atoms with E-state index in [4.69, 9.17) is 4.74 Å². The summed E-state index contributed by atoms with van der Waals surface area (Å²) >= 11 is 0. The van der Waals surface area contributed by atoms with Gasteiger partial charge in [-0.1, -0.05) is 108 Å². The lowest BCUT2D eigenvalue weighted by atomic mass is 10.1. The van der Waals surface area contributed by atoms with E-state index in [1.165, 1.54) is 11.1 Å². The zero-order valence-electron chi connectivity index (χ0n) is 30.2. The summed E-state index contributed by atoms with van der Waals surface area (Å²) in [4.78, 5) is 4.44. The molecule has 0 saturated heterocycles. The van der Waals surface area contributed by atoms with Gasteiger partial charge in [0.05, 0.1) is 7.11 Å². The van der Waals surface area contributed by atoms with Gasteiger partial charge in [-0.15, -0.1) is 0 Å². The summed E-state index contributed by atoms with van der Waals surface area (Å²) in [5, 5.41) is 9.86. The fourth-order valence-corrected chi connectivity index (χ4v) is 6.19. The summed E-state index contributed by atoms with van der Waals surface area (Å²) in [5.74, 6) is 1.08. The minimum atomic E-state index is 0.250. The molecule has 4 heteroatoms. The van der Waals surface area contributed by atoms with Crippen LogP contribution in [-0.4, -0.2) is 12.2 Å². The molecule has 0 bridgehead atoms. The summed E-state index contributed by atoms with van der Waals surface area (Å²) in [7, 11) is 1.69. The quantitative estimate of drug-likeness (QED) is 0.137. The summed E-state index contributed by atoms with van der Waals surface area (Å²) in [6.07, 6.45) is 8.58. The molecule has 7 aromatic carbocycles. The van der Waals surface area contributed by atoms with E-state index in [0.29, 0.717) is 0 Å². The van der Waals surface area contributed by atoms with Crippen molar-refractivity contribution >= 4 is 58.4 Å². The van der Waals surface area contributed by atoms with E-state index in [-0.39, 0.29) is 5.75 Å². The van der Waals surface area contributed by atoms with E-state index < -0.39 is 0 Å². The van der Waals surface area contributed by atoms with Gasteiger partial charge in [0.1, 0.15) is 11.5 Å². The fraction of sp³-hybridized carbons (Fsp3) is 0.0612. The SMILES string of the molecule is COc1ccc(N(c2ccc(C)cc2)c2ccc(C=Cc3ccc(C=Cc4ccc(N(c5ccc(C)cc5)c5ccc(O)cc5)cc4)cc3)cc2)cc1. The Morgan fingerprint density at radius 1 is 0.358 bits per heavy atom. The van der Waals surface area contributed by atoms with Gasteiger partial charge in [-0.25, -0.2) is 0 Å². The van der Waals surface area contributed by atoms with Crippen LogP contribution in [0, 0.1) is 13.8 Å². The van der Waals surface area contributed by atoms with Crippen molar-refractivity contribution in [3.05, 3.63) is 203 Å². The molecule has 0 amide bonds. The highest BCUT2D eigenvalue weighted by atomic mass is 16.5. The minimum Gasteiger partial charge on any atom is -0.508 e. The van der Waals surface area contributed by atoms with Crippen LogP contribution in [0.5, 0.6) is 11.5 Å². The maximum atomic E-state index is 9.86. The van der Waals surface area contributed by atoms with Gasteiger partial charge in [-0.05, 0) is 133 Å². The maximum Gasteiger partial charge on any atom is 0.119 e. The van der Waals surface area contributed by atoms with Crippen molar-refractivity contribution in [2.24, 2.45) is 0 Å². The molecule has 0 fully saturated rings. The molecule has 0 spiro atoms. The number of benzene rings is 7. The molecule has 0 heterocycles. The fourth-order valence-electron chi connectivity index (χ4n) is 6.19. The first-order chi connectivity index (χ1) is 25.9. The number of rotatable bonds is 11. The van der Waals surface area contributed by atoms with Crippen molar-refractivity contribution in [2.45, 2.75) is 13.8 Å². The third-order valence-electron chi connectivity index (χ3n) is 9.20. The molecule has 0 radical (unpaired) electrons. The van der Waals surface area contributed by atoms with Crippen molar-refractivity contribution in [1.82, 2.24) is 0 Å². The monoisotopic (exact) mass is 690 g/mol. The lowest BCUT2D eigenvalue weighted by molar-refractivity contribution is 0.415. The van der Waals surface area contributed by atoms with Crippen molar-refractivity contribution < 1.29 is 9.84 Å². The number of hydrogen-bond acceptors (Lipinski definition) is 4. The van der Waals surface area contributed by atoms with Crippen LogP contribution in [0.1, 0.15) is 33.4 Å². The summed E-state index contributed by atoms with van der Waals surface area (Å²) in [6, 6.07) is 58.3. The number of methoxy groups -OCH3 is 1. The molecule has 53 heavy (non-hydrogen) atoms. The zero-order chi connectivity index (χ0) is 36.6. The van der Waals surface area contributed by atoms with Gasteiger partial charge in [-0.3, -0.25) is 0 Å². The van der Waals surface area contributed by atoms with Gasteiger partial charge in [0, 0.05) is 34.1 Å². The Balaban J connectivity index is 1.02. The van der Waals surface area contributed by atoms with Crippen LogP contribution < -0.4 is 14.5 Å². The first kappa shape index (κ1) is 34.7. The number of anilines is 6. The number of nitrogens with zero attached hydrogens (tertiary/aromatic N) is 2. The third-order valence-corrected chi connectivity index (χ3v) is 9.20. The second-order valence-electron chi connectivity index (χ2n) is 13.1. The number of hydrogen-bond donors (Lipinski definition) is 1. The summed E-state index contributed by atoms with van der Waals surface area (Å²) in [5.41, 5.74) is 13.3. The lowest BCUT2D eigenvalue weighted by Crippen LogP contribution is -2.09. The standard InChI is InChI=1S/C49H42N2O2/c1-36-4-20-42(21-5-36)50(46-28-32-48(52)33-29-46)44-24-16-40(17-25-44)14-12-38-8-10-39(11-9-38)13-15-41-18-26-45(27-19-41)51(43-22-6-37(2)7-23-43)47-30-34-49(53-3)35-31-47/h4-35,52H,1-3H3. The summed E-state index contributed by atoms with van der Waals surface area (Å²) in [6.45, 7) is 4.20. The Morgan fingerprint density at radius 3 is 0.906 bits per heavy atom. The van der Waals surface area contributed by atoms with Crippen molar-refractivity contribution in [3.63, 3.8) is 0 Å². The molecule has 0 atom stereocenters. The van der Waals surface area contributed by atoms with Crippen LogP contribution in [0.2, 0.25) is 0 Å². The highest BCUT2D eigenvalue weighted by Gasteiger charge is 2.14. The van der Waals surface area contributed by atoms with Gasteiger partial charge in [-0.2, -0.15) is 0 Å². The highest BCUT2D eigenvalue weighted by Crippen LogP contribution is 2.37. The number of phenols is 1. The number of phenolic OH excluding ortho intramolecular Hbond substituents is 1. The van der Waals surface area contributed by atoms with Crippen LogP contribution in [0.3, 0.4) is 0 Å². The first-order valence-electron chi connectivity index (χ1n) is 17.7. The van der Waals surface area contributed by atoms with Crippen molar-refractivity contribution in [1.29, 1.82) is 0 Å². The Hall–Kier alpha value is -6.78. The smallest absolute Gasteiger partial charge is 0.119 e.